The van der Waals surface area contributed by atoms with Gasteiger partial charge in [-0.2, -0.15) is 0 Å². The molecule has 0 unspecified atom stereocenters. The maximum absolute atomic E-state index is 14.6. The number of aromatic nitrogens is 2. The number of phenols is 2. The zero-order valence-electron chi connectivity index (χ0n) is 52.3. The molecule has 2 heterocycles. The fourth-order valence-electron chi connectivity index (χ4n) is 10.0. The summed E-state index contributed by atoms with van der Waals surface area (Å²) in [5.41, 5.74) is 11.1. The van der Waals surface area contributed by atoms with Crippen LogP contribution in [0.25, 0.3) is 0 Å². The summed E-state index contributed by atoms with van der Waals surface area (Å²) < 4.78 is 0. The van der Waals surface area contributed by atoms with Gasteiger partial charge < -0.3 is 94.7 Å². The van der Waals surface area contributed by atoms with E-state index in [0.717, 1.165) is 6.92 Å². The minimum Gasteiger partial charge on any atom is -0.508 e. The van der Waals surface area contributed by atoms with Crippen molar-refractivity contribution in [1.82, 2.24) is 62.7 Å². The van der Waals surface area contributed by atoms with Crippen LogP contribution in [0.1, 0.15) is 88.1 Å². The second kappa shape index (κ2) is 36.3. The fraction of sp³-hybridized carbons (Fsp3) is 0.435. The molecule has 0 aliphatic carbocycles. The van der Waals surface area contributed by atoms with Gasteiger partial charge in [0, 0.05) is 50.5 Å². The molecule has 0 radical (unpaired) electrons. The van der Waals surface area contributed by atoms with E-state index in [4.69, 9.17) is 5.73 Å². The van der Waals surface area contributed by atoms with E-state index in [0.29, 0.717) is 29.7 Å². The van der Waals surface area contributed by atoms with Gasteiger partial charge in [0.25, 0.3) is 5.91 Å². The number of carbonyl (C=O) groups excluding carboxylic acids is 11. The van der Waals surface area contributed by atoms with Crippen LogP contribution < -0.4 is 59.3 Å². The van der Waals surface area contributed by atoms with Crippen molar-refractivity contribution in [2.45, 2.75) is 152 Å². The summed E-state index contributed by atoms with van der Waals surface area (Å²) >= 11 is 0. The zero-order valence-corrected chi connectivity index (χ0v) is 52.3. The average molecular weight is 1330 g/mol. The highest BCUT2D eigenvalue weighted by molar-refractivity contribution is 5.99. The van der Waals surface area contributed by atoms with Crippen molar-refractivity contribution in [3.05, 3.63) is 114 Å². The van der Waals surface area contributed by atoms with Gasteiger partial charge in [0.2, 0.25) is 59.1 Å². The molecule has 1 aliphatic rings. The number of hydrogen-bond acceptors (Lipinski definition) is 17. The number of nitrogens with one attached hydrogen (secondary N) is 10. The highest BCUT2D eigenvalue weighted by Crippen LogP contribution is 2.21. The number of amides is 11. The number of carboxylic acids is 3. The Labute approximate surface area is 544 Å². The number of likely N-dealkylation sites (tertiary alicyclic amines) is 1. The van der Waals surface area contributed by atoms with Gasteiger partial charge >= 0.3 is 17.9 Å². The molecule has 20 N–H and O–H groups in total. The number of benzene rings is 3. The molecule has 33 nitrogen and oxygen atoms in total. The number of phenolic OH excluding ortho intramolecular Hbond substituents is 2. The molecule has 1 saturated heterocycles. The maximum Gasteiger partial charge on any atom is 0.326 e. The molecule has 0 spiro atoms. The fourth-order valence-corrected chi connectivity index (χ4v) is 10.0. The standard InChI is InChI=1S/C62H80N14O19/c1-32(2)52(75-59(91)47-10-7-23-76(47)61(93)40(63)27-37-29-65-31-67-37)60(92)66-30-49(80)69-41(19-21-48(64)79)54(86)68-33(3)53(85)71-45(28-51(83)84)58(90)73-44(25-35-11-15-38(77)16-12-35)57(89)72-43(24-34-8-5-4-6-9-34)56(88)70-42(20-22-50(81)82)55(87)74-46(62(94)95)26-36-13-17-39(78)18-14-36/h4-6,8-9,11-18,29,31-33,40-47,52,77-78H,7,10,19-28,30,63H2,1-3H3,(H2,64,79)(H,65,67)(H,66,92)(H,68,86)(H,69,80)(H,70,88)(H,71,85)(H,72,89)(H,73,90)(H,74,87)(H,75,91)(H,81,82)(H,83,84)(H,94,95)/p+1/t33-,40-,41-,42-,43-,44-,45-,46-,47-,52-/m0/s1. The number of aromatic amines is 1. The molecule has 1 aromatic heterocycles. The Morgan fingerprint density at radius 2 is 1.07 bits per heavy atom. The van der Waals surface area contributed by atoms with Crippen molar-refractivity contribution in [2.75, 3.05) is 13.1 Å². The van der Waals surface area contributed by atoms with Crippen molar-refractivity contribution >= 4 is 82.9 Å². The summed E-state index contributed by atoms with van der Waals surface area (Å²) in [4.78, 5) is 195. The monoisotopic (exact) mass is 1330 g/mol. The number of carboxylic acid groups (broad SMARTS) is 3. The number of hydrogen-bond donors (Lipinski definition) is 17. The van der Waals surface area contributed by atoms with Gasteiger partial charge in [-0.05, 0) is 79.5 Å². The van der Waals surface area contributed by atoms with Gasteiger partial charge in [-0.25, -0.2) is 9.78 Å². The van der Waals surface area contributed by atoms with E-state index in [9.17, 15) is 92.7 Å². The van der Waals surface area contributed by atoms with E-state index >= 15 is 0 Å². The largest absolute Gasteiger partial charge is 0.508 e. The van der Waals surface area contributed by atoms with Gasteiger partial charge in [0.05, 0.1) is 25.7 Å². The maximum atomic E-state index is 14.6. The second-order valence-corrected chi connectivity index (χ2v) is 23.1. The SMILES string of the molecule is CC(C)[C@H](NC(=O)[C@@H]1CCCN1C(=O)[C@@H]([NH3+])Cc1cnc[nH]1)C(=O)NCC(=O)N[C@@H](CCC(N)=O)C(=O)N[C@@H](C)C(=O)N[C@@H](CC(=O)O)C(=O)N[C@@H](Cc1ccc(O)cc1)C(=O)N[C@@H](Cc1ccccc1)C(=O)N[C@@H](CCC(=O)O)C(=O)N[C@@H](Cc1ccc(O)cc1)C(=O)O. The van der Waals surface area contributed by atoms with Crippen molar-refractivity contribution in [3.8, 4) is 11.5 Å². The Balaban J connectivity index is 1.28. The highest BCUT2D eigenvalue weighted by Gasteiger charge is 2.40. The first-order valence-corrected chi connectivity index (χ1v) is 30.3. The van der Waals surface area contributed by atoms with Crippen LogP contribution >= 0.6 is 0 Å². The minimum absolute atomic E-state index is 0.116. The van der Waals surface area contributed by atoms with E-state index in [-0.39, 0.29) is 48.8 Å². The molecule has 1 aliphatic heterocycles. The quantitative estimate of drug-likeness (QED) is 0.0205. The molecule has 95 heavy (non-hydrogen) atoms. The van der Waals surface area contributed by atoms with E-state index < -0.39 is 188 Å². The summed E-state index contributed by atoms with van der Waals surface area (Å²) in [6.07, 6.45) is -0.272. The number of carbonyl (C=O) groups is 14. The van der Waals surface area contributed by atoms with Crippen LogP contribution in [0.3, 0.4) is 0 Å². The van der Waals surface area contributed by atoms with Crippen LogP contribution in [0.15, 0.2) is 91.4 Å². The molecule has 5 rings (SSSR count). The lowest BCUT2D eigenvalue weighted by atomic mass is 10.0. The van der Waals surface area contributed by atoms with E-state index in [1.54, 1.807) is 50.4 Å². The first-order chi connectivity index (χ1) is 45.0. The molecule has 0 saturated carbocycles. The second-order valence-electron chi connectivity index (χ2n) is 23.1. The number of imidazole rings is 1. The van der Waals surface area contributed by atoms with Gasteiger partial charge in [-0.3, -0.25) is 62.3 Å². The Bertz CT molecular complexity index is 3370. The Morgan fingerprint density at radius 1 is 0.579 bits per heavy atom. The minimum atomic E-state index is -2.01. The molecular weight excluding hydrogens is 1240 g/mol. The Kier molecular flexibility index (Phi) is 28.6. The smallest absolute Gasteiger partial charge is 0.326 e. The molecular formula is C62H81N14O19+. The van der Waals surface area contributed by atoms with Gasteiger partial charge in [-0.15, -0.1) is 0 Å². The molecule has 11 amide bonds. The summed E-state index contributed by atoms with van der Waals surface area (Å²) in [6.45, 7) is 3.89. The first kappa shape index (κ1) is 74.7. The van der Waals surface area contributed by atoms with Gasteiger partial charge in [-0.1, -0.05) is 68.4 Å². The van der Waals surface area contributed by atoms with E-state index in [1.165, 1.54) is 59.8 Å². The zero-order chi connectivity index (χ0) is 70.1. The summed E-state index contributed by atoms with van der Waals surface area (Å²) in [7, 11) is 0. The number of nitrogens with zero attached hydrogens (tertiary/aromatic N) is 2. The van der Waals surface area contributed by atoms with Crippen LogP contribution in [0.2, 0.25) is 0 Å². The van der Waals surface area contributed by atoms with Gasteiger partial charge in [0.15, 0.2) is 6.04 Å². The number of H-pyrrole nitrogens is 1. The van der Waals surface area contributed by atoms with Crippen molar-refractivity contribution < 1.29 is 98.4 Å². The third kappa shape index (κ3) is 24.5. The lowest BCUT2D eigenvalue weighted by Crippen LogP contribution is -2.70. The van der Waals surface area contributed by atoms with Crippen LogP contribution in [-0.4, -0.2) is 197 Å². The number of quaternary nitrogens is 1. The summed E-state index contributed by atoms with van der Waals surface area (Å²) in [5, 5.41) is 70.9. The summed E-state index contributed by atoms with van der Waals surface area (Å²) in [5.74, 6) is -15.9. The third-order valence-corrected chi connectivity index (χ3v) is 15.2. The number of aliphatic carboxylic acids is 3. The molecule has 33 heteroatoms. The molecule has 0 bridgehead atoms. The van der Waals surface area contributed by atoms with Gasteiger partial charge in [0.1, 0.15) is 65.9 Å². The summed E-state index contributed by atoms with van der Waals surface area (Å²) in [6, 6.07) is 3.81. The number of primary amides is 1. The van der Waals surface area contributed by atoms with Crippen molar-refractivity contribution in [2.24, 2.45) is 11.7 Å². The molecule has 1 fully saturated rings. The lowest BCUT2D eigenvalue weighted by molar-refractivity contribution is -0.405. The number of nitrogens with two attached hydrogens (primary N) is 1. The van der Waals surface area contributed by atoms with Crippen LogP contribution in [0.4, 0.5) is 0 Å². The topological polar surface area (TPSA) is 534 Å². The Morgan fingerprint density at radius 3 is 1.60 bits per heavy atom. The van der Waals surface area contributed by atoms with E-state index in [2.05, 4.69) is 63.6 Å². The van der Waals surface area contributed by atoms with Crippen LogP contribution in [0, 0.1) is 5.92 Å². The molecule has 512 valence electrons. The number of rotatable bonds is 37. The highest BCUT2D eigenvalue weighted by atomic mass is 16.4. The lowest BCUT2D eigenvalue weighted by Gasteiger charge is -2.28. The van der Waals surface area contributed by atoms with E-state index in [1.807, 2.05) is 0 Å². The molecule has 4 aromatic rings. The predicted octanol–water partition coefficient (Wildman–Crippen LogP) is -3.95. The predicted molar refractivity (Wildman–Crippen MR) is 332 cm³/mol. The average Bonchev–Trinajstić information content (AvgIpc) is 1.79. The van der Waals surface area contributed by atoms with Crippen LogP contribution in [-0.2, 0) is 92.8 Å². The molecule has 3 aromatic carbocycles. The Hall–Kier alpha value is -11.0. The molecule has 10 atom stereocenters. The third-order valence-electron chi connectivity index (χ3n) is 15.2. The van der Waals surface area contributed by atoms with Crippen molar-refractivity contribution in [1.29, 1.82) is 0 Å². The van der Waals surface area contributed by atoms with Crippen molar-refractivity contribution in [3.63, 3.8) is 0 Å². The first-order valence-electron chi connectivity index (χ1n) is 30.3. The normalized spacial score (nSPS) is 15.5. The number of aromatic hydroxyl groups is 2. The van der Waals surface area contributed by atoms with Crippen LogP contribution in [0.5, 0.6) is 11.5 Å².